The van der Waals surface area contributed by atoms with Crippen molar-refractivity contribution in [3.8, 4) is 22.5 Å². The van der Waals surface area contributed by atoms with Crippen molar-refractivity contribution in [2.24, 2.45) is 0 Å². The van der Waals surface area contributed by atoms with Crippen LogP contribution in [-0.4, -0.2) is 19.9 Å². The summed E-state index contributed by atoms with van der Waals surface area (Å²) >= 11 is 0. The number of aromatic nitrogens is 6. The number of rotatable bonds is 2. The predicted molar refractivity (Wildman–Crippen MR) is 152 cm³/mol. The minimum absolute atomic E-state index is 0. The van der Waals surface area contributed by atoms with Gasteiger partial charge in [0, 0.05) is 23.5 Å². The Labute approximate surface area is 237 Å². The molecule has 0 unspecified atom stereocenters. The number of hydrogen-bond acceptors (Lipinski definition) is 4. The SMILES string of the molecule is [Zn+2].c1ccc(-c2cccc3ccc4nc[n-]c4c23)nc1.c1ccc(-c2cccc3ccc4nc[n-]c4c23)nc1. The van der Waals surface area contributed by atoms with Gasteiger partial charge in [-0.3, -0.25) is 9.97 Å². The van der Waals surface area contributed by atoms with Gasteiger partial charge in [0.25, 0.3) is 0 Å². The van der Waals surface area contributed by atoms with E-state index >= 15 is 0 Å². The monoisotopic (exact) mass is 552 g/mol. The zero-order valence-corrected chi connectivity index (χ0v) is 23.9. The van der Waals surface area contributed by atoms with Gasteiger partial charge < -0.3 is 19.9 Å². The van der Waals surface area contributed by atoms with Crippen LogP contribution in [0.15, 0.2) is 122 Å². The van der Waals surface area contributed by atoms with Crippen LogP contribution >= 0.6 is 0 Å². The van der Waals surface area contributed by atoms with E-state index in [2.05, 4.69) is 78.4 Å². The number of imidazole rings is 2. The third kappa shape index (κ3) is 4.47. The van der Waals surface area contributed by atoms with Crippen LogP contribution in [0, 0.1) is 0 Å². The summed E-state index contributed by atoms with van der Waals surface area (Å²) in [6, 6.07) is 32.5. The predicted octanol–water partition coefficient (Wildman–Crippen LogP) is 6.81. The number of fused-ring (bicyclic) bond motifs is 6. The van der Waals surface area contributed by atoms with Crippen LogP contribution in [0.4, 0.5) is 0 Å². The maximum Gasteiger partial charge on any atom is 2.00 e. The molecule has 4 heterocycles. The van der Waals surface area contributed by atoms with E-state index in [4.69, 9.17) is 0 Å². The van der Waals surface area contributed by atoms with Gasteiger partial charge in [0.15, 0.2) is 0 Å². The second-order valence-electron chi connectivity index (χ2n) is 8.85. The van der Waals surface area contributed by atoms with Crippen LogP contribution in [-0.2, 0) is 19.5 Å². The molecule has 8 aromatic rings. The standard InChI is InChI=1S/2C16H10N3.Zn/c2*1-2-9-17-13(6-1)12-5-3-4-11-7-8-14-16(15(11)12)19-10-18-14;/h2*1-10H;/q2*-1;+2. The van der Waals surface area contributed by atoms with Gasteiger partial charge in [0.1, 0.15) is 0 Å². The minimum Gasteiger partial charge on any atom is -0.443 e. The fraction of sp³-hybridized carbons (Fsp3) is 0. The minimum atomic E-state index is 0. The molecule has 4 aromatic carbocycles. The van der Waals surface area contributed by atoms with E-state index in [0.717, 1.165) is 66.1 Å². The Morgan fingerprint density at radius 2 is 0.923 bits per heavy atom. The summed E-state index contributed by atoms with van der Waals surface area (Å²) in [6.07, 6.45) is 6.84. The molecule has 0 spiro atoms. The molecule has 180 valence electrons. The first-order valence-electron chi connectivity index (χ1n) is 12.3. The second kappa shape index (κ2) is 10.6. The summed E-state index contributed by atoms with van der Waals surface area (Å²) in [5, 5.41) is 4.57. The number of nitrogens with zero attached hydrogens (tertiary/aromatic N) is 6. The zero-order valence-electron chi connectivity index (χ0n) is 20.9. The molecule has 6 nitrogen and oxygen atoms in total. The molecule has 4 aromatic heterocycles. The molecular formula is C32H20N6Zn. The van der Waals surface area contributed by atoms with Gasteiger partial charge in [0.05, 0.1) is 11.4 Å². The third-order valence-corrected chi connectivity index (χ3v) is 6.64. The first-order valence-corrected chi connectivity index (χ1v) is 12.3. The normalized spacial score (nSPS) is 10.9. The van der Waals surface area contributed by atoms with Crippen molar-refractivity contribution in [2.75, 3.05) is 0 Å². The number of benzene rings is 4. The molecule has 0 saturated carbocycles. The summed E-state index contributed by atoms with van der Waals surface area (Å²) in [6.45, 7) is 0. The van der Waals surface area contributed by atoms with Crippen molar-refractivity contribution in [1.29, 1.82) is 0 Å². The Bertz CT molecular complexity index is 1880. The average molecular weight is 554 g/mol. The van der Waals surface area contributed by atoms with E-state index in [9.17, 15) is 0 Å². The Kier molecular flexibility index (Phi) is 6.66. The largest absolute Gasteiger partial charge is 2.00 e. The summed E-state index contributed by atoms with van der Waals surface area (Å²) in [7, 11) is 0. The van der Waals surface area contributed by atoms with E-state index in [-0.39, 0.29) is 19.5 Å². The average Bonchev–Trinajstić information content (AvgIpc) is 3.68. The topological polar surface area (TPSA) is 79.8 Å². The van der Waals surface area contributed by atoms with Gasteiger partial charge in [0.2, 0.25) is 0 Å². The van der Waals surface area contributed by atoms with Crippen molar-refractivity contribution in [3.63, 3.8) is 0 Å². The van der Waals surface area contributed by atoms with Gasteiger partial charge in [-0.15, -0.1) is 0 Å². The van der Waals surface area contributed by atoms with Crippen molar-refractivity contribution in [3.05, 3.63) is 122 Å². The van der Waals surface area contributed by atoms with Crippen LogP contribution in [0.5, 0.6) is 0 Å². The van der Waals surface area contributed by atoms with Crippen molar-refractivity contribution in [1.82, 2.24) is 29.9 Å². The zero-order chi connectivity index (χ0) is 25.3. The quantitative estimate of drug-likeness (QED) is 0.219. The third-order valence-electron chi connectivity index (χ3n) is 6.64. The molecule has 39 heavy (non-hydrogen) atoms. The van der Waals surface area contributed by atoms with Crippen LogP contribution in [0.1, 0.15) is 0 Å². The van der Waals surface area contributed by atoms with E-state index < -0.39 is 0 Å². The Morgan fingerprint density at radius 1 is 0.436 bits per heavy atom. The van der Waals surface area contributed by atoms with Gasteiger partial charge in [-0.1, -0.05) is 85.5 Å². The first kappa shape index (κ1) is 24.6. The Hall–Kier alpha value is -4.74. The van der Waals surface area contributed by atoms with Gasteiger partial charge in [-0.25, -0.2) is 0 Å². The molecule has 0 atom stereocenters. The van der Waals surface area contributed by atoms with Gasteiger partial charge >= 0.3 is 19.5 Å². The van der Waals surface area contributed by atoms with Crippen molar-refractivity contribution in [2.45, 2.75) is 0 Å². The summed E-state index contributed by atoms with van der Waals surface area (Å²) in [5.74, 6) is 0. The molecule has 0 aliphatic carbocycles. The van der Waals surface area contributed by atoms with Crippen LogP contribution in [0.25, 0.3) is 66.1 Å². The molecule has 0 N–H and O–H groups in total. The Morgan fingerprint density at radius 3 is 1.36 bits per heavy atom. The summed E-state index contributed by atoms with van der Waals surface area (Å²) < 4.78 is 0. The number of hydrogen-bond donors (Lipinski definition) is 0. The summed E-state index contributed by atoms with van der Waals surface area (Å²) in [4.78, 5) is 26.2. The van der Waals surface area contributed by atoms with E-state index in [1.54, 1.807) is 12.7 Å². The van der Waals surface area contributed by atoms with Crippen LogP contribution in [0.3, 0.4) is 0 Å². The van der Waals surface area contributed by atoms with Gasteiger partial charge in [-0.05, 0) is 67.9 Å². The van der Waals surface area contributed by atoms with Crippen LogP contribution in [0.2, 0.25) is 0 Å². The molecule has 0 fully saturated rings. The molecule has 0 bridgehead atoms. The second-order valence-corrected chi connectivity index (χ2v) is 8.85. The maximum absolute atomic E-state index is 4.44. The number of pyridine rings is 2. The molecule has 7 heteroatoms. The maximum atomic E-state index is 4.44. The Balaban J connectivity index is 0.000000138. The smallest absolute Gasteiger partial charge is 0.443 e. The molecule has 0 radical (unpaired) electrons. The fourth-order valence-electron chi connectivity index (χ4n) is 4.94. The van der Waals surface area contributed by atoms with Crippen molar-refractivity contribution < 1.29 is 19.5 Å². The molecule has 0 amide bonds. The van der Waals surface area contributed by atoms with Crippen LogP contribution < -0.4 is 9.97 Å². The molecule has 0 aliphatic heterocycles. The molecule has 0 saturated heterocycles. The molecule has 8 rings (SSSR count). The molecular weight excluding hydrogens is 534 g/mol. The first-order chi connectivity index (χ1) is 18.9. The fourth-order valence-corrected chi connectivity index (χ4v) is 4.94. The molecule has 0 aliphatic rings. The van der Waals surface area contributed by atoms with E-state index in [1.807, 2.05) is 60.9 Å². The van der Waals surface area contributed by atoms with E-state index in [0.29, 0.717) is 0 Å². The van der Waals surface area contributed by atoms with E-state index in [1.165, 1.54) is 0 Å². The van der Waals surface area contributed by atoms with Crippen molar-refractivity contribution >= 4 is 43.6 Å². The summed E-state index contributed by atoms with van der Waals surface area (Å²) in [5.41, 5.74) is 7.87. The van der Waals surface area contributed by atoms with Gasteiger partial charge in [-0.2, -0.15) is 0 Å².